The van der Waals surface area contributed by atoms with Gasteiger partial charge in [-0.1, -0.05) is 18.2 Å². The Bertz CT molecular complexity index is 1360. The number of alkyl halides is 3. The summed E-state index contributed by atoms with van der Waals surface area (Å²) in [6.45, 7) is 0.841. The highest BCUT2D eigenvalue weighted by atomic mass is 19.4. The van der Waals surface area contributed by atoms with Gasteiger partial charge in [0, 0.05) is 48.7 Å². The van der Waals surface area contributed by atoms with E-state index < -0.39 is 12.1 Å². The third kappa shape index (κ3) is 6.75. The Morgan fingerprint density at radius 1 is 1.16 bits per heavy atom. The van der Waals surface area contributed by atoms with Gasteiger partial charge in [-0.25, -0.2) is 9.78 Å². The lowest BCUT2D eigenvalue weighted by atomic mass is 9.93. The molecule has 1 aliphatic rings. The van der Waals surface area contributed by atoms with Crippen molar-refractivity contribution in [1.29, 1.82) is 0 Å². The van der Waals surface area contributed by atoms with Gasteiger partial charge in [0.15, 0.2) is 0 Å². The fourth-order valence-corrected chi connectivity index (χ4v) is 4.39. The average molecular weight is 516 g/mol. The minimum absolute atomic E-state index is 0.112. The highest BCUT2D eigenvalue weighted by molar-refractivity contribution is 5.95. The van der Waals surface area contributed by atoms with Gasteiger partial charge >= 0.3 is 12.1 Å². The predicted molar refractivity (Wildman–Crippen MR) is 133 cm³/mol. The Labute approximate surface area is 211 Å². The number of halogens is 3. The summed E-state index contributed by atoms with van der Waals surface area (Å²) in [7, 11) is 1.93. The second-order valence-corrected chi connectivity index (χ2v) is 9.10. The third-order valence-electron chi connectivity index (χ3n) is 6.32. The number of fused-ring (bicyclic) bond motifs is 1. The Kier molecular flexibility index (Phi) is 7.94. The van der Waals surface area contributed by atoms with Crippen LogP contribution in [0.3, 0.4) is 0 Å². The lowest BCUT2D eigenvalue weighted by molar-refractivity contribution is -0.192. The first-order valence-corrected chi connectivity index (χ1v) is 11.9. The lowest BCUT2D eigenvalue weighted by Gasteiger charge is -2.26. The first-order valence-electron chi connectivity index (χ1n) is 11.9. The van der Waals surface area contributed by atoms with E-state index in [0.29, 0.717) is 6.04 Å². The van der Waals surface area contributed by atoms with Crippen molar-refractivity contribution in [1.82, 2.24) is 25.1 Å². The van der Waals surface area contributed by atoms with Gasteiger partial charge in [0.05, 0.1) is 12.3 Å². The molecule has 0 amide bonds. The summed E-state index contributed by atoms with van der Waals surface area (Å²) in [4.78, 5) is 16.9. The van der Waals surface area contributed by atoms with Crippen molar-refractivity contribution >= 4 is 17.0 Å². The Morgan fingerprint density at radius 3 is 2.54 bits per heavy atom. The Balaban J connectivity index is 0.000000405. The molecule has 196 valence electrons. The van der Waals surface area contributed by atoms with Crippen molar-refractivity contribution < 1.29 is 28.2 Å². The topological polar surface area (TPSA) is 116 Å². The van der Waals surface area contributed by atoms with Crippen molar-refractivity contribution in [2.24, 2.45) is 7.05 Å². The van der Waals surface area contributed by atoms with E-state index in [1.165, 1.54) is 5.56 Å². The minimum Gasteiger partial charge on any atom is -0.475 e. The van der Waals surface area contributed by atoms with Crippen LogP contribution >= 0.6 is 0 Å². The molecule has 0 saturated heterocycles. The van der Waals surface area contributed by atoms with Crippen molar-refractivity contribution in [3.05, 3.63) is 60.6 Å². The molecular formula is C26H28F3N5O3. The first kappa shape index (κ1) is 26.4. The summed E-state index contributed by atoms with van der Waals surface area (Å²) in [5.41, 5.74) is 6.59. The van der Waals surface area contributed by atoms with E-state index in [-0.39, 0.29) is 6.10 Å². The largest absolute Gasteiger partial charge is 0.490 e. The molecule has 4 aromatic rings. The highest BCUT2D eigenvalue weighted by Crippen LogP contribution is 2.31. The van der Waals surface area contributed by atoms with Crippen LogP contribution in [-0.2, 0) is 18.4 Å². The minimum atomic E-state index is -5.08. The van der Waals surface area contributed by atoms with E-state index >= 15 is 0 Å². The van der Waals surface area contributed by atoms with Crippen LogP contribution in [0.25, 0.3) is 33.4 Å². The molecule has 1 fully saturated rings. The van der Waals surface area contributed by atoms with Crippen LogP contribution in [0.4, 0.5) is 13.2 Å². The monoisotopic (exact) mass is 515 g/mol. The molecule has 3 aromatic heterocycles. The number of rotatable bonds is 5. The second-order valence-electron chi connectivity index (χ2n) is 9.10. The van der Waals surface area contributed by atoms with Gasteiger partial charge in [-0.3, -0.25) is 4.68 Å². The molecule has 1 saturated carbocycles. The van der Waals surface area contributed by atoms with E-state index in [1.54, 1.807) is 0 Å². The van der Waals surface area contributed by atoms with Gasteiger partial charge in [-0.05, 0) is 60.6 Å². The first-order chi connectivity index (χ1) is 17.6. The molecule has 11 heteroatoms. The number of nitrogens with one attached hydrogen (secondary N) is 2. The number of hydrogen-bond acceptors (Lipinski definition) is 5. The molecule has 0 atom stereocenters. The van der Waals surface area contributed by atoms with E-state index in [0.717, 1.165) is 65.6 Å². The van der Waals surface area contributed by atoms with Crippen molar-refractivity contribution in [3.63, 3.8) is 0 Å². The number of hydrogen-bond donors (Lipinski definition) is 4. The van der Waals surface area contributed by atoms with Gasteiger partial charge in [0.2, 0.25) is 0 Å². The van der Waals surface area contributed by atoms with Crippen molar-refractivity contribution in [2.45, 2.75) is 50.6 Å². The fourth-order valence-electron chi connectivity index (χ4n) is 4.39. The van der Waals surface area contributed by atoms with E-state index in [9.17, 15) is 18.3 Å². The molecule has 1 aliphatic carbocycles. The zero-order valence-corrected chi connectivity index (χ0v) is 20.2. The molecule has 3 heterocycles. The fraction of sp³-hybridized carbons (Fsp3) is 0.346. The van der Waals surface area contributed by atoms with Gasteiger partial charge < -0.3 is 20.5 Å². The number of aryl methyl sites for hydroxylation is 1. The van der Waals surface area contributed by atoms with Gasteiger partial charge in [-0.2, -0.15) is 18.3 Å². The summed E-state index contributed by atoms with van der Waals surface area (Å²) in [6.07, 6.45) is 4.45. The summed E-state index contributed by atoms with van der Waals surface area (Å²) < 4.78 is 33.6. The number of aliphatic hydroxyl groups excluding tert-OH is 1. The number of carboxylic acid groups (broad SMARTS) is 1. The molecule has 0 spiro atoms. The van der Waals surface area contributed by atoms with Gasteiger partial charge in [0.25, 0.3) is 0 Å². The number of aliphatic hydroxyl groups is 1. The van der Waals surface area contributed by atoms with Gasteiger partial charge in [-0.15, -0.1) is 0 Å². The quantitative estimate of drug-likeness (QED) is 0.307. The van der Waals surface area contributed by atoms with Crippen molar-refractivity contribution in [2.75, 3.05) is 0 Å². The Hall–Kier alpha value is -3.70. The smallest absolute Gasteiger partial charge is 0.475 e. The summed E-state index contributed by atoms with van der Waals surface area (Å²) in [5.74, 6) is -2.76. The van der Waals surface area contributed by atoms with Crippen LogP contribution in [0.2, 0.25) is 0 Å². The van der Waals surface area contributed by atoms with Gasteiger partial charge in [0.1, 0.15) is 5.65 Å². The molecule has 0 radical (unpaired) electrons. The highest BCUT2D eigenvalue weighted by Gasteiger charge is 2.38. The summed E-state index contributed by atoms with van der Waals surface area (Å²) in [6, 6.07) is 13.4. The number of H-pyrrole nitrogens is 1. The zero-order chi connectivity index (χ0) is 26.6. The summed E-state index contributed by atoms with van der Waals surface area (Å²) >= 11 is 0. The molecule has 8 nitrogen and oxygen atoms in total. The van der Waals surface area contributed by atoms with Crippen molar-refractivity contribution in [3.8, 4) is 22.4 Å². The molecule has 37 heavy (non-hydrogen) atoms. The van der Waals surface area contributed by atoms with Crippen LogP contribution in [0, 0.1) is 0 Å². The normalized spacial score (nSPS) is 17.9. The molecule has 4 N–H and O–H groups in total. The molecule has 0 unspecified atom stereocenters. The average Bonchev–Trinajstić information content (AvgIpc) is 3.50. The van der Waals surface area contributed by atoms with E-state index in [1.807, 2.05) is 36.4 Å². The number of aromatic nitrogens is 4. The van der Waals surface area contributed by atoms with Crippen LogP contribution in [0.5, 0.6) is 0 Å². The number of aromatic amines is 1. The number of nitrogens with zero attached hydrogens (tertiary/aromatic N) is 3. The zero-order valence-electron chi connectivity index (χ0n) is 20.2. The number of pyridine rings is 1. The standard InChI is InChI=1S/C24H27N5O.C2HF3O2/c1-29-15-18(14-27-29)21-9-10-25-24-22(21)12-23(28-24)17-4-2-3-16(11-17)13-26-19-5-7-20(30)8-6-19;3-2(4,5)1(6)7/h2-4,9-12,14-15,19-20,26,30H,5-8,13H2,1H3,(H,25,28);(H,6,7). The maximum Gasteiger partial charge on any atom is 0.490 e. The van der Waals surface area contributed by atoms with Crippen LogP contribution in [0.1, 0.15) is 31.2 Å². The van der Waals surface area contributed by atoms with E-state index in [4.69, 9.17) is 9.90 Å². The van der Waals surface area contributed by atoms with E-state index in [2.05, 4.69) is 50.7 Å². The SMILES string of the molecule is Cn1cc(-c2ccnc3[nH]c(-c4cccc(CNC5CCC(O)CC5)c4)cc23)cn1.O=C(O)C(F)(F)F. The number of aliphatic carboxylic acids is 1. The van der Waals surface area contributed by atoms with Crippen LogP contribution < -0.4 is 5.32 Å². The summed E-state index contributed by atoms with van der Waals surface area (Å²) in [5, 5.41) is 25.9. The molecule has 0 bridgehead atoms. The molecule has 1 aromatic carbocycles. The Morgan fingerprint density at radius 2 is 1.89 bits per heavy atom. The lowest BCUT2D eigenvalue weighted by Crippen LogP contribution is -2.34. The number of benzene rings is 1. The molecule has 5 rings (SSSR count). The number of carboxylic acids is 1. The maximum atomic E-state index is 10.6. The number of carbonyl (C=O) groups is 1. The molecular weight excluding hydrogens is 487 g/mol. The maximum absolute atomic E-state index is 10.6. The predicted octanol–water partition coefficient (Wildman–Crippen LogP) is 4.66. The third-order valence-corrected chi connectivity index (χ3v) is 6.32. The molecule has 0 aliphatic heterocycles. The van der Waals surface area contributed by atoms with Crippen LogP contribution in [0.15, 0.2) is 55.0 Å². The second kappa shape index (κ2) is 11.1. The van der Waals surface area contributed by atoms with Crippen LogP contribution in [-0.4, -0.2) is 54.3 Å².